The Labute approximate surface area is 190 Å². The minimum Gasteiger partial charge on any atom is -0.393 e. The number of aliphatic hydroxyl groups excluding tert-OH is 1. The molecule has 166 valence electrons. The molecule has 33 heavy (non-hydrogen) atoms. The second-order valence-corrected chi connectivity index (χ2v) is 8.79. The molecule has 0 unspecified atom stereocenters. The molecule has 3 heterocycles. The number of hydrogen-bond donors (Lipinski definition) is 3. The number of rotatable bonds is 4. The van der Waals surface area contributed by atoms with Gasteiger partial charge < -0.3 is 15.8 Å². The topological polar surface area (TPSA) is 119 Å². The quantitative estimate of drug-likeness (QED) is 0.389. The highest BCUT2D eigenvalue weighted by atomic mass is 16.3. The van der Waals surface area contributed by atoms with Crippen molar-refractivity contribution >= 4 is 27.9 Å². The van der Waals surface area contributed by atoms with Gasteiger partial charge in [-0.05, 0) is 43.4 Å². The molecule has 8 heteroatoms. The highest BCUT2D eigenvalue weighted by Gasteiger charge is 2.26. The first-order chi connectivity index (χ1) is 16.2. The van der Waals surface area contributed by atoms with E-state index in [2.05, 4.69) is 33.2 Å². The molecular weight excluding hydrogens is 414 g/mol. The molecule has 1 saturated carbocycles. The zero-order chi connectivity index (χ0) is 22.4. The average molecular weight is 440 g/mol. The van der Waals surface area contributed by atoms with Crippen molar-refractivity contribution in [3.05, 3.63) is 66.2 Å². The van der Waals surface area contributed by atoms with Crippen LogP contribution in [0, 0.1) is 0 Å². The molecule has 6 rings (SSSR count). The molecule has 0 bridgehead atoms. The Hall–Kier alpha value is -3.78. The first kappa shape index (κ1) is 19.9. The highest BCUT2D eigenvalue weighted by molar-refractivity contribution is 5.99. The van der Waals surface area contributed by atoms with Crippen molar-refractivity contribution in [2.24, 2.45) is 0 Å². The number of nitrogens with two attached hydrogens (primary N) is 1. The fourth-order valence-corrected chi connectivity index (χ4v) is 4.84. The first-order valence-electron chi connectivity index (χ1n) is 11.4. The summed E-state index contributed by atoms with van der Waals surface area (Å²) < 4.78 is 1.98. The molecule has 0 amide bonds. The number of aromatic amines is 1. The smallest absolute Gasteiger partial charge is 0.164 e. The maximum atomic E-state index is 9.93. The zero-order valence-corrected chi connectivity index (χ0v) is 18.1. The zero-order valence-electron chi connectivity index (χ0n) is 18.1. The van der Waals surface area contributed by atoms with Crippen LogP contribution >= 0.6 is 0 Å². The van der Waals surface area contributed by atoms with Crippen LogP contribution in [0.2, 0.25) is 0 Å². The molecule has 1 aliphatic carbocycles. The van der Waals surface area contributed by atoms with Gasteiger partial charge in [-0.25, -0.2) is 19.6 Å². The summed E-state index contributed by atoms with van der Waals surface area (Å²) in [4.78, 5) is 17.0. The van der Waals surface area contributed by atoms with E-state index in [9.17, 15) is 5.11 Å². The second-order valence-electron chi connectivity index (χ2n) is 8.79. The Bertz CT molecular complexity index is 1430. The van der Waals surface area contributed by atoms with Gasteiger partial charge >= 0.3 is 0 Å². The van der Waals surface area contributed by atoms with Gasteiger partial charge in [0.2, 0.25) is 0 Å². The Kier molecular flexibility index (Phi) is 4.80. The maximum absolute atomic E-state index is 9.93. The number of H-pyrrole nitrogens is 1. The Morgan fingerprint density at radius 3 is 2.67 bits per heavy atom. The van der Waals surface area contributed by atoms with Gasteiger partial charge in [-0.15, -0.1) is 0 Å². The molecule has 5 aromatic rings. The first-order valence-corrected chi connectivity index (χ1v) is 11.4. The normalized spacial score (nSPS) is 18.8. The number of anilines is 1. The van der Waals surface area contributed by atoms with E-state index in [0.29, 0.717) is 5.82 Å². The number of nitrogens with one attached hydrogen (secondary N) is 1. The number of aromatic nitrogens is 6. The van der Waals surface area contributed by atoms with Crippen molar-refractivity contribution in [3.63, 3.8) is 0 Å². The standard InChI is InChI=1S/C25H25N7O/c26-24-22-23(31-32(25(22)28-14-27-24)17-7-9-18(33)10-8-17)16-6-11-19-20(13-16)30-21(29-19)12-15-4-2-1-3-5-15/h1-6,11,13-14,17-18,33H,7-10,12H2,(H,29,30)(H2,26,27,28). The lowest BCUT2D eigenvalue weighted by atomic mass is 9.93. The van der Waals surface area contributed by atoms with Crippen LogP contribution in [0.15, 0.2) is 54.9 Å². The van der Waals surface area contributed by atoms with Gasteiger partial charge in [-0.2, -0.15) is 5.10 Å². The molecule has 0 spiro atoms. The minimum atomic E-state index is -0.227. The molecule has 1 aliphatic rings. The van der Waals surface area contributed by atoms with Gasteiger partial charge in [0.05, 0.1) is 28.6 Å². The Balaban J connectivity index is 1.41. The lowest BCUT2D eigenvalue weighted by Gasteiger charge is -2.25. The van der Waals surface area contributed by atoms with Gasteiger partial charge in [0.15, 0.2) is 5.65 Å². The number of fused-ring (bicyclic) bond motifs is 2. The van der Waals surface area contributed by atoms with E-state index in [1.807, 2.05) is 35.0 Å². The van der Waals surface area contributed by atoms with Crippen molar-refractivity contribution in [2.45, 2.75) is 44.2 Å². The van der Waals surface area contributed by atoms with Crippen LogP contribution in [0.3, 0.4) is 0 Å². The molecule has 8 nitrogen and oxygen atoms in total. The minimum absolute atomic E-state index is 0.187. The van der Waals surface area contributed by atoms with Crippen LogP contribution < -0.4 is 5.73 Å². The van der Waals surface area contributed by atoms with Crippen LogP contribution in [0.4, 0.5) is 5.82 Å². The van der Waals surface area contributed by atoms with Crippen molar-refractivity contribution in [1.82, 2.24) is 29.7 Å². The molecule has 1 fully saturated rings. The molecule has 2 aromatic carbocycles. The largest absolute Gasteiger partial charge is 0.393 e. The summed E-state index contributed by atoms with van der Waals surface area (Å²) in [7, 11) is 0. The SMILES string of the molecule is Nc1ncnc2c1c(-c1ccc3nc(Cc4ccccc4)[nH]c3c1)nn2C1CCC(O)CC1. The van der Waals surface area contributed by atoms with Crippen molar-refractivity contribution < 1.29 is 5.11 Å². The monoisotopic (exact) mass is 439 g/mol. The van der Waals surface area contributed by atoms with Gasteiger partial charge in [-0.1, -0.05) is 36.4 Å². The number of nitrogens with zero attached hydrogens (tertiary/aromatic N) is 5. The van der Waals surface area contributed by atoms with E-state index in [4.69, 9.17) is 15.8 Å². The van der Waals surface area contributed by atoms with E-state index < -0.39 is 0 Å². The van der Waals surface area contributed by atoms with E-state index >= 15 is 0 Å². The second kappa shape index (κ2) is 7.97. The number of nitrogen functional groups attached to an aromatic ring is 1. The summed E-state index contributed by atoms with van der Waals surface area (Å²) >= 11 is 0. The summed E-state index contributed by atoms with van der Waals surface area (Å²) in [5.41, 5.74) is 11.8. The highest BCUT2D eigenvalue weighted by Crippen LogP contribution is 2.36. The lowest BCUT2D eigenvalue weighted by molar-refractivity contribution is 0.109. The number of hydrogen-bond acceptors (Lipinski definition) is 6. The van der Waals surface area contributed by atoms with Crippen molar-refractivity contribution in [2.75, 3.05) is 5.73 Å². The van der Waals surface area contributed by atoms with Gasteiger partial charge in [0.25, 0.3) is 0 Å². The fraction of sp³-hybridized carbons (Fsp3) is 0.280. The van der Waals surface area contributed by atoms with Crippen LogP contribution in [0.25, 0.3) is 33.3 Å². The van der Waals surface area contributed by atoms with Crippen molar-refractivity contribution in [1.29, 1.82) is 0 Å². The van der Waals surface area contributed by atoms with Crippen LogP contribution in [0.1, 0.15) is 43.1 Å². The summed E-state index contributed by atoms with van der Waals surface area (Å²) in [6, 6.07) is 16.6. The molecule has 0 atom stereocenters. The summed E-state index contributed by atoms with van der Waals surface area (Å²) in [6.07, 6.45) is 5.28. The van der Waals surface area contributed by atoms with E-state index in [0.717, 1.165) is 71.3 Å². The van der Waals surface area contributed by atoms with Crippen LogP contribution in [-0.2, 0) is 6.42 Å². The molecule has 0 saturated heterocycles. The van der Waals surface area contributed by atoms with Crippen molar-refractivity contribution in [3.8, 4) is 11.3 Å². The van der Waals surface area contributed by atoms with Gasteiger partial charge in [0.1, 0.15) is 23.7 Å². The van der Waals surface area contributed by atoms with Crippen LogP contribution in [0.5, 0.6) is 0 Å². The summed E-state index contributed by atoms with van der Waals surface area (Å²) in [5.74, 6) is 1.35. The number of aliphatic hydroxyl groups is 1. The summed E-state index contributed by atoms with van der Waals surface area (Å²) in [6.45, 7) is 0. The van der Waals surface area contributed by atoms with Crippen LogP contribution in [-0.4, -0.2) is 40.9 Å². The predicted octanol–water partition coefficient (Wildman–Crippen LogP) is 4.02. The third kappa shape index (κ3) is 3.62. The number of imidazole rings is 1. The predicted molar refractivity (Wildman–Crippen MR) is 128 cm³/mol. The molecule has 3 aromatic heterocycles. The maximum Gasteiger partial charge on any atom is 0.164 e. The lowest BCUT2D eigenvalue weighted by Crippen LogP contribution is -2.22. The Morgan fingerprint density at radius 2 is 1.85 bits per heavy atom. The summed E-state index contributed by atoms with van der Waals surface area (Å²) in [5, 5.41) is 15.7. The third-order valence-electron chi connectivity index (χ3n) is 6.55. The molecular formula is C25H25N7O. The fourth-order valence-electron chi connectivity index (χ4n) is 4.84. The van der Waals surface area contributed by atoms with E-state index in [1.54, 1.807) is 0 Å². The van der Waals surface area contributed by atoms with Gasteiger partial charge in [-0.3, -0.25) is 0 Å². The van der Waals surface area contributed by atoms with E-state index in [1.165, 1.54) is 11.9 Å². The van der Waals surface area contributed by atoms with E-state index in [-0.39, 0.29) is 12.1 Å². The van der Waals surface area contributed by atoms with Gasteiger partial charge in [0, 0.05) is 12.0 Å². The average Bonchev–Trinajstić information content (AvgIpc) is 3.41. The molecule has 0 aliphatic heterocycles. The molecule has 0 radical (unpaired) electrons. The molecule has 4 N–H and O–H groups in total. The Morgan fingerprint density at radius 1 is 1.03 bits per heavy atom. The number of benzene rings is 2. The third-order valence-corrected chi connectivity index (χ3v) is 6.55.